The van der Waals surface area contributed by atoms with E-state index in [0.29, 0.717) is 31.6 Å². The molecular formula is C23H25N5O2. The molecule has 0 amide bonds. The van der Waals surface area contributed by atoms with Gasteiger partial charge in [-0.1, -0.05) is 60.2 Å². The number of aryl methyl sites for hydroxylation is 1. The summed E-state index contributed by atoms with van der Waals surface area (Å²) in [7, 11) is 0. The third kappa shape index (κ3) is 5.55. The maximum Gasteiger partial charge on any atom is 0.320 e. The molecule has 0 atom stereocenters. The van der Waals surface area contributed by atoms with Gasteiger partial charge in [0.25, 0.3) is 0 Å². The molecule has 1 aromatic heterocycles. The van der Waals surface area contributed by atoms with E-state index in [1.165, 1.54) is 5.56 Å². The van der Waals surface area contributed by atoms with Crippen molar-refractivity contribution in [3.8, 4) is 6.01 Å². The standard InChI is InChI=1S/C23H25N5O2/c1-18-6-5-9-20(14-18)16-24-27-21-15-22(28-10-12-29-13-11-28)26-23(25-21)30-17-19-7-3-2-4-8-19/h2-9,14-16H,10-13,17H2,1H3,(H,25,26,27). The van der Waals surface area contributed by atoms with Crippen LogP contribution in [0.25, 0.3) is 0 Å². The van der Waals surface area contributed by atoms with Crippen LogP contribution in [0.5, 0.6) is 6.01 Å². The second-order valence-corrected chi connectivity index (χ2v) is 7.05. The topological polar surface area (TPSA) is 71.9 Å². The SMILES string of the molecule is Cc1cccc(C=NNc2cc(N3CCOCC3)nc(OCc3ccccc3)n2)c1. The van der Waals surface area contributed by atoms with Crippen LogP contribution in [0.15, 0.2) is 65.8 Å². The van der Waals surface area contributed by atoms with Crippen molar-refractivity contribution in [2.45, 2.75) is 13.5 Å². The summed E-state index contributed by atoms with van der Waals surface area (Å²) in [4.78, 5) is 11.2. The molecule has 154 valence electrons. The largest absolute Gasteiger partial charge is 0.458 e. The summed E-state index contributed by atoms with van der Waals surface area (Å²) in [5.41, 5.74) is 6.28. The Morgan fingerprint density at radius 3 is 2.70 bits per heavy atom. The second kappa shape index (κ2) is 9.84. The molecule has 2 aromatic carbocycles. The molecule has 1 aliphatic heterocycles. The zero-order valence-electron chi connectivity index (χ0n) is 17.0. The van der Waals surface area contributed by atoms with E-state index in [4.69, 9.17) is 9.47 Å². The van der Waals surface area contributed by atoms with Crippen molar-refractivity contribution >= 4 is 17.9 Å². The van der Waals surface area contributed by atoms with E-state index >= 15 is 0 Å². The molecule has 1 saturated heterocycles. The summed E-state index contributed by atoms with van der Waals surface area (Å²) in [5.74, 6) is 1.38. The van der Waals surface area contributed by atoms with Gasteiger partial charge in [0.15, 0.2) is 5.82 Å². The van der Waals surface area contributed by atoms with Gasteiger partial charge in [0, 0.05) is 19.2 Å². The third-order valence-electron chi connectivity index (χ3n) is 4.67. The third-order valence-corrected chi connectivity index (χ3v) is 4.67. The first-order chi connectivity index (χ1) is 14.8. The van der Waals surface area contributed by atoms with Gasteiger partial charge in [-0.05, 0) is 18.1 Å². The highest BCUT2D eigenvalue weighted by molar-refractivity contribution is 5.80. The molecule has 1 N–H and O–H groups in total. The summed E-state index contributed by atoms with van der Waals surface area (Å²) in [6, 6.07) is 20.3. The number of morpholine rings is 1. The minimum absolute atomic E-state index is 0.316. The number of aromatic nitrogens is 2. The molecular weight excluding hydrogens is 378 g/mol. The van der Waals surface area contributed by atoms with Crippen LogP contribution in [0.3, 0.4) is 0 Å². The van der Waals surface area contributed by atoms with Gasteiger partial charge in [0.2, 0.25) is 0 Å². The zero-order valence-corrected chi connectivity index (χ0v) is 17.0. The van der Waals surface area contributed by atoms with Crippen LogP contribution in [0.1, 0.15) is 16.7 Å². The molecule has 30 heavy (non-hydrogen) atoms. The van der Waals surface area contributed by atoms with Crippen molar-refractivity contribution in [2.75, 3.05) is 36.6 Å². The number of anilines is 2. The number of hydrazone groups is 1. The molecule has 4 rings (SSSR count). The van der Waals surface area contributed by atoms with E-state index in [0.717, 1.165) is 30.0 Å². The van der Waals surface area contributed by atoms with E-state index in [1.807, 2.05) is 48.5 Å². The van der Waals surface area contributed by atoms with Crippen LogP contribution in [0.4, 0.5) is 11.6 Å². The first-order valence-corrected chi connectivity index (χ1v) is 10.0. The Morgan fingerprint density at radius 2 is 1.90 bits per heavy atom. The van der Waals surface area contributed by atoms with Gasteiger partial charge in [-0.3, -0.25) is 5.43 Å². The van der Waals surface area contributed by atoms with E-state index in [1.54, 1.807) is 6.21 Å². The molecule has 0 saturated carbocycles. The quantitative estimate of drug-likeness (QED) is 0.480. The molecule has 0 radical (unpaired) electrons. The highest BCUT2D eigenvalue weighted by atomic mass is 16.5. The zero-order chi connectivity index (χ0) is 20.6. The number of ether oxygens (including phenoxy) is 2. The highest BCUT2D eigenvalue weighted by Crippen LogP contribution is 2.21. The Kier molecular flexibility index (Phi) is 6.51. The van der Waals surface area contributed by atoms with Crippen molar-refractivity contribution < 1.29 is 9.47 Å². The molecule has 3 aromatic rings. The molecule has 1 aliphatic rings. The normalized spacial score (nSPS) is 14.1. The van der Waals surface area contributed by atoms with Crippen molar-refractivity contribution in [3.63, 3.8) is 0 Å². The number of nitrogens with one attached hydrogen (secondary N) is 1. The fourth-order valence-electron chi connectivity index (χ4n) is 3.13. The van der Waals surface area contributed by atoms with Gasteiger partial charge in [-0.25, -0.2) is 0 Å². The second-order valence-electron chi connectivity index (χ2n) is 7.05. The Morgan fingerprint density at radius 1 is 1.07 bits per heavy atom. The number of benzene rings is 2. The van der Waals surface area contributed by atoms with Crippen LogP contribution >= 0.6 is 0 Å². The maximum absolute atomic E-state index is 5.87. The smallest absolute Gasteiger partial charge is 0.320 e. The lowest BCUT2D eigenvalue weighted by Crippen LogP contribution is -2.36. The minimum Gasteiger partial charge on any atom is -0.458 e. The lowest BCUT2D eigenvalue weighted by atomic mass is 10.2. The average molecular weight is 403 g/mol. The van der Waals surface area contributed by atoms with Gasteiger partial charge in [0.05, 0.1) is 19.4 Å². The first kappa shape index (κ1) is 19.8. The number of hydrogen-bond donors (Lipinski definition) is 1. The summed E-state index contributed by atoms with van der Waals surface area (Å²) >= 11 is 0. The van der Waals surface area contributed by atoms with Crippen molar-refractivity contribution in [1.82, 2.24) is 9.97 Å². The lowest BCUT2D eigenvalue weighted by molar-refractivity contribution is 0.122. The fraction of sp³-hybridized carbons (Fsp3) is 0.261. The van der Waals surface area contributed by atoms with Gasteiger partial charge in [-0.2, -0.15) is 15.1 Å². The van der Waals surface area contributed by atoms with Crippen LogP contribution < -0.4 is 15.1 Å². The van der Waals surface area contributed by atoms with Crippen molar-refractivity contribution in [1.29, 1.82) is 0 Å². The first-order valence-electron chi connectivity index (χ1n) is 10.0. The van der Waals surface area contributed by atoms with Crippen LogP contribution in [-0.2, 0) is 11.3 Å². The molecule has 0 unspecified atom stereocenters. The lowest BCUT2D eigenvalue weighted by Gasteiger charge is -2.28. The Balaban J connectivity index is 1.51. The highest BCUT2D eigenvalue weighted by Gasteiger charge is 2.15. The molecule has 7 heteroatoms. The summed E-state index contributed by atoms with van der Waals surface area (Å²) < 4.78 is 11.3. The monoisotopic (exact) mass is 403 g/mol. The van der Waals surface area contributed by atoms with Crippen LogP contribution in [0, 0.1) is 6.92 Å². The van der Waals surface area contributed by atoms with E-state index in [2.05, 4.69) is 44.5 Å². The summed E-state index contributed by atoms with van der Waals surface area (Å²) in [5, 5.41) is 4.33. The van der Waals surface area contributed by atoms with Crippen LogP contribution in [0.2, 0.25) is 0 Å². The summed E-state index contributed by atoms with van der Waals surface area (Å²) in [6.07, 6.45) is 1.77. The number of rotatable bonds is 7. The van der Waals surface area contributed by atoms with Crippen molar-refractivity contribution in [3.05, 3.63) is 77.4 Å². The Hall–Kier alpha value is -3.45. The summed E-state index contributed by atoms with van der Waals surface area (Å²) in [6.45, 7) is 5.37. The molecule has 0 aliphatic carbocycles. The van der Waals surface area contributed by atoms with E-state index in [9.17, 15) is 0 Å². The fourth-order valence-corrected chi connectivity index (χ4v) is 3.13. The minimum atomic E-state index is 0.316. The Labute approximate surface area is 176 Å². The molecule has 2 heterocycles. The van der Waals surface area contributed by atoms with E-state index < -0.39 is 0 Å². The average Bonchev–Trinajstić information content (AvgIpc) is 2.79. The molecule has 7 nitrogen and oxygen atoms in total. The maximum atomic E-state index is 5.87. The van der Waals surface area contributed by atoms with Gasteiger partial charge >= 0.3 is 6.01 Å². The predicted octanol–water partition coefficient (Wildman–Crippen LogP) is 3.65. The number of hydrogen-bond acceptors (Lipinski definition) is 7. The van der Waals surface area contributed by atoms with Gasteiger partial charge in [-0.15, -0.1) is 0 Å². The van der Waals surface area contributed by atoms with E-state index in [-0.39, 0.29) is 0 Å². The molecule has 0 spiro atoms. The van der Waals surface area contributed by atoms with Crippen LogP contribution in [-0.4, -0.2) is 42.5 Å². The molecule has 1 fully saturated rings. The molecule has 0 bridgehead atoms. The van der Waals surface area contributed by atoms with Gasteiger partial charge in [0.1, 0.15) is 12.4 Å². The number of nitrogens with zero attached hydrogens (tertiary/aromatic N) is 4. The Bertz CT molecular complexity index is 988. The van der Waals surface area contributed by atoms with Crippen molar-refractivity contribution in [2.24, 2.45) is 5.10 Å². The predicted molar refractivity (Wildman–Crippen MR) is 118 cm³/mol. The van der Waals surface area contributed by atoms with Gasteiger partial charge < -0.3 is 14.4 Å².